The van der Waals surface area contributed by atoms with Crippen LogP contribution in [0.4, 0.5) is 0 Å². The molecule has 0 bridgehead atoms. The van der Waals surface area contributed by atoms with Crippen molar-refractivity contribution in [2.45, 2.75) is 213 Å². The summed E-state index contributed by atoms with van der Waals surface area (Å²) in [5.74, 6) is -0.651. The SMILES string of the molecule is CCCCCCCCCCCCCCCN(CCCCCCCCCCCCCCC)C(C)CCCC(=O)O. The summed E-state index contributed by atoms with van der Waals surface area (Å²) in [6, 6.07) is 0.513. The molecule has 0 aromatic carbocycles. The average Bonchev–Trinajstić information content (AvgIpc) is 2.92. The zero-order valence-corrected chi connectivity index (χ0v) is 27.3. The van der Waals surface area contributed by atoms with E-state index in [2.05, 4.69) is 25.7 Å². The van der Waals surface area contributed by atoms with Crippen LogP contribution in [0, 0.1) is 0 Å². The van der Waals surface area contributed by atoms with E-state index in [4.69, 9.17) is 5.11 Å². The Morgan fingerprint density at radius 1 is 0.487 bits per heavy atom. The molecule has 1 atom stereocenters. The van der Waals surface area contributed by atoms with Crippen LogP contribution in [-0.4, -0.2) is 35.1 Å². The molecule has 234 valence electrons. The van der Waals surface area contributed by atoms with Crippen LogP contribution in [0.3, 0.4) is 0 Å². The highest BCUT2D eigenvalue weighted by atomic mass is 16.4. The normalized spacial score (nSPS) is 12.4. The number of unbranched alkanes of at least 4 members (excludes halogenated alkanes) is 24. The second kappa shape index (κ2) is 32.0. The molecular weight excluding hydrogens is 478 g/mol. The lowest BCUT2D eigenvalue weighted by atomic mass is 10.0. The number of hydrogen-bond donors (Lipinski definition) is 1. The van der Waals surface area contributed by atoms with Gasteiger partial charge in [-0.1, -0.05) is 168 Å². The Hall–Kier alpha value is -0.570. The molecular formula is C36H73NO2. The average molecular weight is 552 g/mol. The summed E-state index contributed by atoms with van der Waals surface area (Å²) < 4.78 is 0. The number of carboxylic acids is 1. The Balaban J connectivity index is 3.88. The van der Waals surface area contributed by atoms with E-state index in [-0.39, 0.29) is 0 Å². The first-order valence-corrected chi connectivity index (χ1v) is 18.1. The molecule has 1 N–H and O–H groups in total. The molecule has 0 aromatic heterocycles. The minimum atomic E-state index is -0.651. The van der Waals surface area contributed by atoms with Gasteiger partial charge < -0.3 is 10.0 Å². The van der Waals surface area contributed by atoms with E-state index >= 15 is 0 Å². The van der Waals surface area contributed by atoms with Crippen LogP contribution in [0.2, 0.25) is 0 Å². The van der Waals surface area contributed by atoms with E-state index in [9.17, 15) is 4.79 Å². The molecule has 0 aliphatic carbocycles. The fourth-order valence-electron chi connectivity index (χ4n) is 5.95. The molecule has 0 amide bonds. The molecule has 0 saturated heterocycles. The third kappa shape index (κ3) is 30.2. The van der Waals surface area contributed by atoms with Crippen LogP contribution in [0.1, 0.15) is 207 Å². The van der Waals surface area contributed by atoms with Gasteiger partial charge in [-0.05, 0) is 45.7 Å². The Morgan fingerprint density at radius 3 is 1.05 bits per heavy atom. The minimum absolute atomic E-state index is 0.315. The summed E-state index contributed by atoms with van der Waals surface area (Å²) in [6.07, 6.45) is 38.7. The molecule has 0 aliphatic rings. The van der Waals surface area contributed by atoms with Crippen molar-refractivity contribution in [1.82, 2.24) is 4.90 Å². The number of rotatable bonds is 33. The fraction of sp³-hybridized carbons (Fsp3) is 0.972. The van der Waals surface area contributed by atoms with E-state index in [1.807, 2.05) is 0 Å². The van der Waals surface area contributed by atoms with Crippen LogP contribution in [0.25, 0.3) is 0 Å². The van der Waals surface area contributed by atoms with E-state index in [1.54, 1.807) is 0 Å². The van der Waals surface area contributed by atoms with Gasteiger partial charge in [0.2, 0.25) is 0 Å². The molecule has 0 heterocycles. The predicted molar refractivity (Wildman–Crippen MR) is 174 cm³/mol. The maximum atomic E-state index is 11.0. The van der Waals surface area contributed by atoms with Gasteiger partial charge >= 0.3 is 5.97 Å². The van der Waals surface area contributed by atoms with Crippen molar-refractivity contribution < 1.29 is 9.90 Å². The Bertz CT molecular complexity index is 451. The van der Waals surface area contributed by atoms with Crippen LogP contribution in [0.5, 0.6) is 0 Å². The zero-order valence-electron chi connectivity index (χ0n) is 27.3. The third-order valence-electron chi connectivity index (χ3n) is 8.73. The maximum Gasteiger partial charge on any atom is 0.303 e. The lowest BCUT2D eigenvalue weighted by Gasteiger charge is -2.29. The van der Waals surface area contributed by atoms with E-state index < -0.39 is 5.97 Å². The van der Waals surface area contributed by atoms with Crippen molar-refractivity contribution in [3.05, 3.63) is 0 Å². The molecule has 0 aromatic rings. The monoisotopic (exact) mass is 552 g/mol. The second-order valence-electron chi connectivity index (χ2n) is 12.7. The first-order chi connectivity index (χ1) is 19.1. The van der Waals surface area contributed by atoms with Gasteiger partial charge in [-0.3, -0.25) is 4.79 Å². The van der Waals surface area contributed by atoms with Gasteiger partial charge in [-0.2, -0.15) is 0 Å². The van der Waals surface area contributed by atoms with Gasteiger partial charge in [0.1, 0.15) is 0 Å². The van der Waals surface area contributed by atoms with Crippen LogP contribution in [-0.2, 0) is 4.79 Å². The van der Waals surface area contributed by atoms with Crippen molar-refractivity contribution in [2.75, 3.05) is 13.1 Å². The van der Waals surface area contributed by atoms with Gasteiger partial charge in [-0.15, -0.1) is 0 Å². The van der Waals surface area contributed by atoms with Crippen molar-refractivity contribution in [3.8, 4) is 0 Å². The topological polar surface area (TPSA) is 40.5 Å². The number of aliphatic carboxylic acids is 1. The van der Waals surface area contributed by atoms with Crippen molar-refractivity contribution >= 4 is 5.97 Å². The van der Waals surface area contributed by atoms with E-state index in [1.165, 1.54) is 180 Å². The smallest absolute Gasteiger partial charge is 0.303 e. The highest BCUT2D eigenvalue weighted by molar-refractivity contribution is 5.66. The summed E-state index contributed by atoms with van der Waals surface area (Å²) in [5, 5.41) is 9.02. The quantitative estimate of drug-likeness (QED) is 0.0824. The van der Waals surface area contributed by atoms with Gasteiger partial charge in [-0.25, -0.2) is 0 Å². The van der Waals surface area contributed by atoms with Crippen LogP contribution < -0.4 is 0 Å². The van der Waals surface area contributed by atoms with Gasteiger partial charge in [0.15, 0.2) is 0 Å². The summed E-state index contributed by atoms with van der Waals surface area (Å²) in [5.41, 5.74) is 0. The lowest BCUT2D eigenvalue weighted by molar-refractivity contribution is -0.137. The van der Waals surface area contributed by atoms with Gasteiger partial charge in [0.05, 0.1) is 0 Å². The molecule has 0 radical (unpaired) electrons. The molecule has 0 fully saturated rings. The second-order valence-corrected chi connectivity index (χ2v) is 12.7. The summed E-state index contributed by atoms with van der Waals surface area (Å²) in [4.78, 5) is 13.6. The maximum absolute atomic E-state index is 11.0. The third-order valence-corrected chi connectivity index (χ3v) is 8.73. The zero-order chi connectivity index (χ0) is 28.7. The molecule has 39 heavy (non-hydrogen) atoms. The van der Waals surface area contributed by atoms with E-state index in [0.29, 0.717) is 12.5 Å². The van der Waals surface area contributed by atoms with Crippen LogP contribution >= 0.6 is 0 Å². The van der Waals surface area contributed by atoms with Crippen molar-refractivity contribution in [2.24, 2.45) is 0 Å². The molecule has 0 aliphatic heterocycles. The van der Waals surface area contributed by atoms with E-state index in [0.717, 1.165) is 12.8 Å². The van der Waals surface area contributed by atoms with Crippen LogP contribution in [0.15, 0.2) is 0 Å². The fourth-order valence-corrected chi connectivity index (χ4v) is 5.95. The molecule has 1 unspecified atom stereocenters. The standard InChI is InChI=1S/C36H73NO2/c1-4-6-8-10-12-14-16-18-20-22-24-26-28-33-37(35(3)31-30-32-36(38)39)34-29-27-25-23-21-19-17-15-13-11-9-7-5-2/h35H,4-34H2,1-3H3,(H,38,39). The Kier molecular flexibility index (Phi) is 31.5. The predicted octanol–water partition coefficient (Wildman–Crippen LogP) is 12.1. The minimum Gasteiger partial charge on any atom is -0.481 e. The number of hydrogen-bond acceptors (Lipinski definition) is 2. The molecule has 0 saturated carbocycles. The molecule has 0 spiro atoms. The first kappa shape index (κ1) is 38.4. The number of carboxylic acid groups (broad SMARTS) is 1. The Labute approximate surface area is 246 Å². The first-order valence-electron chi connectivity index (χ1n) is 18.1. The van der Waals surface area contributed by atoms with Crippen molar-refractivity contribution in [1.29, 1.82) is 0 Å². The summed E-state index contributed by atoms with van der Waals surface area (Å²) in [6.45, 7) is 9.31. The summed E-state index contributed by atoms with van der Waals surface area (Å²) >= 11 is 0. The lowest BCUT2D eigenvalue weighted by Crippen LogP contribution is -2.35. The number of carbonyl (C=O) groups is 1. The largest absolute Gasteiger partial charge is 0.481 e. The molecule has 0 rings (SSSR count). The van der Waals surface area contributed by atoms with Crippen molar-refractivity contribution in [3.63, 3.8) is 0 Å². The highest BCUT2D eigenvalue weighted by Crippen LogP contribution is 2.16. The van der Waals surface area contributed by atoms with Gasteiger partial charge in [0, 0.05) is 12.5 Å². The summed E-state index contributed by atoms with van der Waals surface area (Å²) in [7, 11) is 0. The Morgan fingerprint density at radius 2 is 0.769 bits per heavy atom. The highest BCUT2D eigenvalue weighted by Gasteiger charge is 2.13. The molecule has 3 nitrogen and oxygen atoms in total. The molecule has 3 heteroatoms. The number of nitrogens with zero attached hydrogens (tertiary/aromatic N) is 1. The van der Waals surface area contributed by atoms with Gasteiger partial charge in [0.25, 0.3) is 0 Å².